The largest absolute Gasteiger partial charge is 0.467 e. The Morgan fingerprint density at radius 3 is 2.92 bits per heavy atom. The standard InChI is InChI=1S/C19H17N3O3/c1-12-5-6-15-13(2)18(25-16(15)10-12)19(23)21-17-7-8-20-22(17)11-14-4-3-9-24-14/h3-10H,11H2,1-2H3,(H,21,23). The van der Waals surface area contributed by atoms with E-state index < -0.39 is 0 Å². The van der Waals surface area contributed by atoms with Gasteiger partial charge in [-0.15, -0.1) is 0 Å². The summed E-state index contributed by atoms with van der Waals surface area (Å²) in [6, 6.07) is 11.3. The molecular weight excluding hydrogens is 318 g/mol. The van der Waals surface area contributed by atoms with E-state index in [9.17, 15) is 4.79 Å². The second-order valence-electron chi connectivity index (χ2n) is 5.96. The zero-order valence-corrected chi connectivity index (χ0v) is 13.9. The smallest absolute Gasteiger partial charge is 0.292 e. The molecule has 0 aliphatic carbocycles. The summed E-state index contributed by atoms with van der Waals surface area (Å²) in [5.41, 5.74) is 2.63. The van der Waals surface area contributed by atoms with E-state index in [0.717, 1.165) is 22.3 Å². The quantitative estimate of drug-likeness (QED) is 0.608. The third kappa shape index (κ3) is 2.82. The number of aromatic nitrogens is 2. The number of amides is 1. The minimum atomic E-state index is -0.299. The number of hydrogen-bond acceptors (Lipinski definition) is 4. The second kappa shape index (κ2) is 5.98. The van der Waals surface area contributed by atoms with Crippen molar-refractivity contribution in [3.63, 3.8) is 0 Å². The van der Waals surface area contributed by atoms with Gasteiger partial charge < -0.3 is 14.2 Å². The maximum absolute atomic E-state index is 12.7. The SMILES string of the molecule is Cc1ccc2c(C)c(C(=O)Nc3ccnn3Cc3ccco3)oc2c1. The zero-order valence-electron chi connectivity index (χ0n) is 13.9. The van der Waals surface area contributed by atoms with Crippen molar-refractivity contribution in [2.75, 3.05) is 5.32 Å². The van der Waals surface area contributed by atoms with Crippen LogP contribution in [0.5, 0.6) is 0 Å². The number of benzene rings is 1. The molecule has 1 N–H and O–H groups in total. The minimum Gasteiger partial charge on any atom is -0.467 e. The number of aryl methyl sites for hydroxylation is 2. The highest BCUT2D eigenvalue weighted by Crippen LogP contribution is 2.26. The molecule has 3 aromatic heterocycles. The van der Waals surface area contributed by atoms with Crippen LogP contribution in [-0.2, 0) is 6.54 Å². The third-order valence-corrected chi connectivity index (χ3v) is 4.14. The normalized spacial score (nSPS) is 11.1. The Balaban J connectivity index is 1.61. The summed E-state index contributed by atoms with van der Waals surface area (Å²) in [7, 11) is 0. The van der Waals surface area contributed by atoms with Crippen molar-refractivity contribution in [1.82, 2.24) is 9.78 Å². The van der Waals surface area contributed by atoms with E-state index in [1.54, 1.807) is 23.2 Å². The Bertz CT molecular complexity index is 1040. The molecule has 6 heteroatoms. The van der Waals surface area contributed by atoms with Gasteiger partial charge in [-0.1, -0.05) is 12.1 Å². The Morgan fingerprint density at radius 1 is 1.24 bits per heavy atom. The number of nitrogens with one attached hydrogen (secondary N) is 1. The van der Waals surface area contributed by atoms with Gasteiger partial charge in [0.25, 0.3) is 5.91 Å². The molecule has 1 aromatic carbocycles. The van der Waals surface area contributed by atoms with E-state index in [1.807, 2.05) is 44.2 Å². The average molecular weight is 335 g/mol. The number of carbonyl (C=O) groups is 1. The number of rotatable bonds is 4. The van der Waals surface area contributed by atoms with Crippen molar-refractivity contribution >= 4 is 22.7 Å². The van der Waals surface area contributed by atoms with Crippen LogP contribution < -0.4 is 5.32 Å². The molecule has 0 aliphatic heterocycles. The highest BCUT2D eigenvalue weighted by Gasteiger charge is 2.19. The van der Waals surface area contributed by atoms with Crippen LogP contribution in [0.1, 0.15) is 27.4 Å². The first-order valence-electron chi connectivity index (χ1n) is 7.97. The lowest BCUT2D eigenvalue weighted by Crippen LogP contribution is -2.16. The van der Waals surface area contributed by atoms with Crippen molar-refractivity contribution in [2.45, 2.75) is 20.4 Å². The lowest BCUT2D eigenvalue weighted by atomic mass is 10.1. The monoisotopic (exact) mass is 335 g/mol. The lowest BCUT2D eigenvalue weighted by molar-refractivity contribution is 0.0997. The Labute approximate surface area is 144 Å². The molecule has 0 atom stereocenters. The molecule has 126 valence electrons. The van der Waals surface area contributed by atoms with E-state index in [-0.39, 0.29) is 5.91 Å². The van der Waals surface area contributed by atoms with Gasteiger partial charge >= 0.3 is 0 Å². The van der Waals surface area contributed by atoms with Gasteiger partial charge in [0.15, 0.2) is 5.76 Å². The summed E-state index contributed by atoms with van der Waals surface area (Å²) in [6.45, 7) is 4.31. The topological polar surface area (TPSA) is 73.2 Å². The van der Waals surface area contributed by atoms with Crippen LogP contribution in [0, 0.1) is 13.8 Å². The first-order chi connectivity index (χ1) is 12.1. The average Bonchev–Trinajstić information content (AvgIpc) is 3.30. The van der Waals surface area contributed by atoms with Gasteiger partial charge in [-0.3, -0.25) is 4.79 Å². The molecule has 3 heterocycles. The van der Waals surface area contributed by atoms with Gasteiger partial charge in [0.05, 0.1) is 12.5 Å². The van der Waals surface area contributed by atoms with Crippen molar-refractivity contribution in [2.24, 2.45) is 0 Å². The molecular formula is C19H17N3O3. The summed E-state index contributed by atoms with van der Waals surface area (Å²) in [6.07, 6.45) is 3.24. The van der Waals surface area contributed by atoms with Gasteiger partial charge in [0.2, 0.25) is 0 Å². The molecule has 0 saturated carbocycles. The predicted octanol–water partition coefficient (Wildman–Crippen LogP) is 4.14. The third-order valence-electron chi connectivity index (χ3n) is 4.14. The van der Waals surface area contributed by atoms with Gasteiger partial charge in [-0.2, -0.15) is 5.10 Å². The number of carbonyl (C=O) groups excluding carboxylic acids is 1. The molecule has 0 radical (unpaired) electrons. The molecule has 6 nitrogen and oxygen atoms in total. The molecule has 0 bridgehead atoms. The van der Waals surface area contributed by atoms with Crippen LogP contribution in [0.4, 0.5) is 5.82 Å². The number of anilines is 1. The molecule has 4 aromatic rings. The maximum atomic E-state index is 12.7. The second-order valence-corrected chi connectivity index (χ2v) is 5.96. The van der Waals surface area contributed by atoms with E-state index in [1.165, 1.54) is 0 Å². The van der Waals surface area contributed by atoms with Crippen molar-refractivity contribution in [3.05, 3.63) is 71.5 Å². The molecule has 0 aliphatic rings. The zero-order chi connectivity index (χ0) is 17.4. The van der Waals surface area contributed by atoms with E-state index in [4.69, 9.17) is 8.83 Å². The number of furan rings is 2. The molecule has 0 spiro atoms. The summed E-state index contributed by atoms with van der Waals surface area (Å²) in [4.78, 5) is 12.7. The summed E-state index contributed by atoms with van der Waals surface area (Å²) < 4.78 is 12.8. The molecule has 0 saturated heterocycles. The molecule has 0 unspecified atom stereocenters. The number of fused-ring (bicyclic) bond motifs is 1. The molecule has 25 heavy (non-hydrogen) atoms. The molecule has 4 rings (SSSR count). The summed E-state index contributed by atoms with van der Waals surface area (Å²) >= 11 is 0. The summed E-state index contributed by atoms with van der Waals surface area (Å²) in [5, 5.41) is 8.03. The van der Waals surface area contributed by atoms with E-state index in [0.29, 0.717) is 23.7 Å². The van der Waals surface area contributed by atoms with Crippen molar-refractivity contribution in [1.29, 1.82) is 0 Å². The maximum Gasteiger partial charge on any atom is 0.292 e. The van der Waals surface area contributed by atoms with E-state index >= 15 is 0 Å². The molecule has 0 fully saturated rings. The van der Waals surface area contributed by atoms with Gasteiger partial charge in [0, 0.05) is 17.0 Å². The van der Waals surface area contributed by atoms with Crippen LogP contribution >= 0.6 is 0 Å². The van der Waals surface area contributed by atoms with Crippen LogP contribution in [0.2, 0.25) is 0 Å². The van der Waals surface area contributed by atoms with Gasteiger partial charge in [-0.25, -0.2) is 4.68 Å². The summed E-state index contributed by atoms with van der Waals surface area (Å²) in [5.74, 6) is 1.35. The van der Waals surface area contributed by atoms with Gasteiger partial charge in [0.1, 0.15) is 23.7 Å². The number of nitrogens with zero attached hydrogens (tertiary/aromatic N) is 2. The van der Waals surface area contributed by atoms with E-state index in [2.05, 4.69) is 10.4 Å². The van der Waals surface area contributed by atoms with Crippen LogP contribution in [0.15, 0.2) is 57.7 Å². The van der Waals surface area contributed by atoms with Crippen molar-refractivity contribution < 1.29 is 13.6 Å². The minimum absolute atomic E-state index is 0.299. The fourth-order valence-corrected chi connectivity index (χ4v) is 2.84. The fourth-order valence-electron chi connectivity index (χ4n) is 2.84. The first kappa shape index (κ1) is 15.3. The Kier molecular flexibility index (Phi) is 3.65. The Morgan fingerprint density at radius 2 is 2.12 bits per heavy atom. The Hall–Kier alpha value is -3.28. The highest BCUT2D eigenvalue weighted by atomic mass is 16.3. The fraction of sp³-hybridized carbons (Fsp3) is 0.158. The lowest BCUT2D eigenvalue weighted by Gasteiger charge is -2.07. The number of hydrogen-bond donors (Lipinski definition) is 1. The molecule has 1 amide bonds. The highest BCUT2D eigenvalue weighted by molar-refractivity contribution is 6.06. The van der Waals surface area contributed by atoms with Crippen molar-refractivity contribution in [3.8, 4) is 0 Å². The van der Waals surface area contributed by atoms with Crippen LogP contribution in [0.3, 0.4) is 0 Å². The van der Waals surface area contributed by atoms with Gasteiger partial charge in [-0.05, 0) is 37.6 Å². The van der Waals surface area contributed by atoms with Crippen LogP contribution in [0.25, 0.3) is 11.0 Å². The first-order valence-corrected chi connectivity index (χ1v) is 7.97. The predicted molar refractivity (Wildman–Crippen MR) is 93.7 cm³/mol. The van der Waals surface area contributed by atoms with Crippen LogP contribution in [-0.4, -0.2) is 15.7 Å².